The Balaban J connectivity index is 1.71. The zero-order chi connectivity index (χ0) is 16.4. The molecular formula is C15H14F4N4. The van der Waals surface area contributed by atoms with Crippen LogP contribution in [0.4, 0.5) is 29.1 Å². The highest BCUT2D eigenvalue weighted by Gasteiger charge is 2.33. The zero-order valence-electron chi connectivity index (χ0n) is 12.1. The molecule has 122 valence electrons. The van der Waals surface area contributed by atoms with Crippen LogP contribution in [0.15, 0.2) is 36.7 Å². The van der Waals surface area contributed by atoms with E-state index in [0.717, 1.165) is 12.4 Å². The van der Waals surface area contributed by atoms with Gasteiger partial charge >= 0.3 is 6.18 Å². The van der Waals surface area contributed by atoms with Crippen LogP contribution in [0, 0.1) is 5.82 Å². The van der Waals surface area contributed by atoms with Gasteiger partial charge in [0.25, 0.3) is 0 Å². The summed E-state index contributed by atoms with van der Waals surface area (Å²) in [6.07, 6.45) is -3.58. The average molecular weight is 326 g/mol. The van der Waals surface area contributed by atoms with E-state index < -0.39 is 11.9 Å². The van der Waals surface area contributed by atoms with Gasteiger partial charge in [-0.05, 0) is 12.1 Å². The van der Waals surface area contributed by atoms with Gasteiger partial charge in [0.15, 0.2) is 0 Å². The van der Waals surface area contributed by atoms with Crippen molar-refractivity contribution in [1.82, 2.24) is 9.97 Å². The van der Waals surface area contributed by atoms with Crippen molar-refractivity contribution in [2.45, 2.75) is 6.18 Å². The number of halogens is 4. The molecule has 2 heterocycles. The van der Waals surface area contributed by atoms with Crippen molar-refractivity contribution in [3.05, 3.63) is 48.2 Å². The van der Waals surface area contributed by atoms with Crippen LogP contribution >= 0.6 is 0 Å². The maximum atomic E-state index is 13.8. The van der Waals surface area contributed by atoms with Gasteiger partial charge in [-0.25, -0.2) is 14.4 Å². The Hall–Kier alpha value is -2.38. The second-order valence-electron chi connectivity index (χ2n) is 5.18. The van der Waals surface area contributed by atoms with Crippen molar-refractivity contribution >= 4 is 11.5 Å². The van der Waals surface area contributed by atoms with Gasteiger partial charge in [0.2, 0.25) is 0 Å². The third kappa shape index (κ3) is 3.35. The first-order valence-electron chi connectivity index (χ1n) is 7.09. The molecule has 1 fully saturated rings. The van der Waals surface area contributed by atoms with Gasteiger partial charge in [0, 0.05) is 32.2 Å². The number of hydrogen-bond acceptors (Lipinski definition) is 4. The van der Waals surface area contributed by atoms with Crippen molar-refractivity contribution in [2.75, 3.05) is 36.0 Å². The highest BCUT2D eigenvalue weighted by atomic mass is 19.4. The number of aromatic nitrogens is 2. The van der Waals surface area contributed by atoms with Gasteiger partial charge in [-0.1, -0.05) is 12.1 Å². The van der Waals surface area contributed by atoms with Crippen molar-refractivity contribution in [2.24, 2.45) is 0 Å². The van der Waals surface area contributed by atoms with Crippen LogP contribution in [0.2, 0.25) is 0 Å². The molecule has 0 aliphatic carbocycles. The second kappa shape index (κ2) is 6.02. The molecule has 0 unspecified atom stereocenters. The van der Waals surface area contributed by atoms with E-state index in [1.165, 1.54) is 6.07 Å². The van der Waals surface area contributed by atoms with Crippen LogP contribution in [0.5, 0.6) is 0 Å². The van der Waals surface area contributed by atoms with E-state index in [-0.39, 0.29) is 11.6 Å². The second-order valence-corrected chi connectivity index (χ2v) is 5.18. The summed E-state index contributed by atoms with van der Waals surface area (Å²) < 4.78 is 51.9. The molecule has 0 amide bonds. The molecule has 0 N–H and O–H groups in total. The Labute approximate surface area is 130 Å². The van der Waals surface area contributed by atoms with E-state index in [1.54, 1.807) is 23.1 Å². The fourth-order valence-corrected chi connectivity index (χ4v) is 2.56. The number of nitrogens with zero attached hydrogens (tertiary/aromatic N) is 4. The fourth-order valence-electron chi connectivity index (χ4n) is 2.56. The van der Waals surface area contributed by atoms with Crippen LogP contribution in [0.3, 0.4) is 0 Å². The topological polar surface area (TPSA) is 32.3 Å². The summed E-state index contributed by atoms with van der Waals surface area (Å²) in [5, 5.41) is 0. The smallest absolute Gasteiger partial charge is 0.366 e. The number of piperazine rings is 1. The molecular weight excluding hydrogens is 312 g/mol. The molecule has 4 nitrogen and oxygen atoms in total. The molecule has 0 spiro atoms. The normalized spacial score (nSPS) is 15.8. The fraction of sp³-hybridized carbons (Fsp3) is 0.333. The Bertz CT molecular complexity index is 681. The molecule has 1 aliphatic heterocycles. The number of rotatable bonds is 2. The largest absolute Gasteiger partial charge is 0.433 e. The summed E-state index contributed by atoms with van der Waals surface area (Å²) in [5.41, 5.74) is -0.454. The monoisotopic (exact) mass is 326 g/mol. The molecule has 0 bridgehead atoms. The minimum absolute atomic E-state index is 0.237. The van der Waals surface area contributed by atoms with Crippen LogP contribution in [-0.4, -0.2) is 36.1 Å². The number of para-hydroxylation sites is 1. The standard InChI is InChI=1S/C15H14F4N4/c16-11-3-1-2-4-12(11)22-5-7-23(8-6-22)14-9-13(15(17,18)19)20-10-21-14/h1-4,9-10H,5-8H2. The zero-order valence-corrected chi connectivity index (χ0v) is 12.1. The summed E-state index contributed by atoms with van der Waals surface area (Å²) in [6, 6.07) is 7.40. The van der Waals surface area contributed by atoms with E-state index in [9.17, 15) is 17.6 Å². The first kappa shape index (κ1) is 15.5. The SMILES string of the molecule is Fc1ccccc1N1CCN(c2cc(C(F)(F)F)ncn2)CC1. The van der Waals surface area contributed by atoms with Crippen molar-refractivity contribution in [1.29, 1.82) is 0 Å². The molecule has 1 aromatic carbocycles. The maximum absolute atomic E-state index is 13.8. The van der Waals surface area contributed by atoms with Crippen LogP contribution in [-0.2, 0) is 6.18 Å². The Morgan fingerprint density at radius 3 is 2.22 bits per heavy atom. The quantitative estimate of drug-likeness (QED) is 0.794. The van der Waals surface area contributed by atoms with Gasteiger partial charge in [-0.2, -0.15) is 13.2 Å². The molecule has 0 atom stereocenters. The summed E-state index contributed by atoms with van der Waals surface area (Å²) in [7, 11) is 0. The van der Waals surface area contributed by atoms with E-state index in [0.29, 0.717) is 31.9 Å². The van der Waals surface area contributed by atoms with Gasteiger partial charge in [-0.15, -0.1) is 0 Å². The molecule has 1 aromatic heterocycles. The predicted octanol–water partition coefficient (Wildman–Crippen LogP) is 2.96. The lowest BCUT2D eigenvalue weighted by atomic mass is 10.2. The summed E-state index contributed by atoms with van der Waals surface area (Å²) >= 11 is 0. The maximum Gasteiger partial charge on any atom is 0.433 e. The average Bonchev–Trinajstić information content (AvgIpc) is 2.55. The molecule has 0 radical (unpaired) electrons. The minimum Gasteiger partial charge on any atom is -0.366 e. The van der Waals surface area contributed by atoms with Gasteiger partial charge < -0.3 is 9.80 Å². The summed E-state index contributed by atoms with van der Waals surface area (Å²) in [4.78, 5) is 10.8. The Kier molecular flexibility index (Phi) is 4.06. The first-order chi connectivity index (χ1) is 10.9. The first-order valence-corrected chi connectivity index (χ1v) is 7.09. The molecule has 8 heteroatoms. The lowest BCUT2D eigenvalue weighted by molar-refractivity contribution is -0.141. The molecule has 1 aliphatic rings. The van der Waals surface area contributed by atoms with E-state index in [2.05, 4.69) is 9.97 Å². The molecule has 23 heavy (non-hydrogen) atoms. The third-order valence-electron chi connectivity index (χ3n) is 3.74. The van der Waals surface area contributed by atoms with Crippen LogP contribution in [0.25, 0.3) is 0 Å². The van der Waals surface area contributed by atoms with Crippen molar-refractivity contribution in [3.8, 4) is 0 Å². The van der Waals surface area contributed by atoms with E-state index in [1.807, 2.05) is 4.90 Å². The van der Waals surface area contributed by atoms with Crippen LogP contribution in [0.1, 0.15) is 5.69 Å². The van der Waals surface area contributed by atoms with E-state index >= 15 is 0 Å². The number of benzene rings is 1. The number of alkyl halides is 3. The van der Waals surface area contributed by atoms with Gasteiger partial charge in [0.05, 0.1) is 5.69 Å². The predicted molar refractivity (Wildman–Crippen MR) is 77.9 cm³/mol. The summed E-state index contributed by atoms with van der Waals surface area (Å²) in [5.74, 6) is -0.0668. The van der Waals surface area contributed by atoms with Gasteiger partial charge in [0.1, 0.15) is 23.7 Å². The number of hydrogen-bond donors (Lipinski definition) is 0. The molecule has 2 aromatic rings. The molecule has 0 saturated carbocycles. The van der Waals surface area contributed by atoms with Gasteiger partial charge in [-0.3, -0.25) is 0 Å². The number of anilines is 2. The highest BCUT2D eigenvalue weighted by Crippen LogP contribution is 2.29. The van der Waals surface area contributed by atoms with E-state index in [4.69, 9.17) is 0 Å². The Morgan fingerprint density at radius 2 is 1.57 bits per heavy atom. The third-order valence-corrected chi connectivity index (χ3v) is 3.74. The van der Waals surface area contributed by atoms with Crippen LogP contribution < -0.4 is 9.80 Å². The summed E-state index contributed by atoms with van der Waals surface area (Å²) in [6.45, 7) is 1.93. The minimum atomic E-state index is -4.49. The molecule has 1 saturated heterocycles. The highest BCUT2D eigenvalue weighted by molar-refractivity contribution is 5.50. The van der Waals surface area contributed by atoms with Crippen molar-refractivity contribution < 1.29 is 17.6 Å². The molecule has 3 rings (SSSR count). The lowest BCUT2D eigenvalue weighted by Crippen LogP contribution is -2.47. The Morgan fingerprint density at radius 1 is 0.913 bits per heavy atom. The lowest BCUT2D eigenvalue weighted by Gasteiger charge is -2.36. The van der Waals surface area contributed by atoms with Crippen molar-refractivity contribution in [3.63, 3.8) is 0 Å².